The van der Waals surface area contributed by atoms with Crippen LogP contribution in [0.2, 0.25) is 0 Å². The number of non-ortho nitro benzene ring substituents is 1. The second kappa shape index (κ2) is 13.3. The predicted octanol–water partition coefficient (Wildman–Crippen LogP) is 6.95. The summed E-state index contributed by atoms with van der Waals surface area (Å²) >= 11 is 3.34. The fourth-order valence-electron chi connectivity index (χ4n) is 2.57. The molecule has 0 amide bonds. The van der Waals surface area contributed by atoms with Gasteiger partial charge in [-0.2, -0.15) is 0 Å². The van der Waals surface area contributed by atoms with E-state index >= 15 is 0 Å². The molecule has 0 aliphatic rings. The van der Waals surface area contributed by atoms with Gasteiger partial charge in [0.1, 0.15) is 5.75 Å². The molecule has 0 bridgehead atoms. The number of nitro groups is 1. The van der Waals surface area contributed by atoms with E-state index in [1.807, 2.05) is 44.2 Å². The van der Waals surface area contributed by atoms with Gasteiger partial charge in [0.05, 0.1) is 10.6 Å². The van der Waals surface area contributed by atoms with Gasteiger partial charge in [-0.15, -0.1) is 0 Å². The van der Waals surface area contributed by atoms with E-state index in [2.05, 4.69) is 37.7 Å². The molecule has 0 unspecified atom stereocenters. The number of hydrogen-bond donors (Lipinski definition) is 1. The monoisotopic (exact) mass is 590 g/mol. The third-order valence-electron chi connectivity index (χ3n) is 3.97. The molecule has 3 aromatic rings. The SMILES string of the molecule is Cc1cc(Br)cc(C)c1N=Cc1cc([N+](=O)[O-])ccc1O.[CH3-].[Cl][Ru]=[CH]c1ccccc1. The molecule has 1 N–H and O–H groups in total. The van der Waals surface area contributed by atoms with Gasteiger partial charge in [0, 0.05) is 28.4 Å². The minimum atomic E-state index is -0.507. The van der Waals surface area contributed by atoms with Crippen LogP contribution < -0.4 is 0 Å². The number of phenols is 1. The summed E-state index contributed by atoms with van der Waals surface area (Å²) in [7, 11) is 5.57. The fourth-order valence-corrected chi connectivity index (χ4v) is 4.33. The number of aryl methyl sites for hydroxylation is 2. The van der Waals surface area contributed by atoms with E-state index < -0.39 is 4.92 Å². The molecule has 0 fully saturated rings. The first-order valence-corrected chi connectivity index (χ1v) is 12.7. The van der Waals surface area contributed by atoms with Gasteiger partial charge in [0.15, 0.2) is 0 Å². The summed E-state index contributed by atoms with van der Waals surface area (Å²) in [6, 6.07) is 17.8. The number of rotatable bonds is 4. The summed E-state index contributed by atoms with van der Waals surface area (Å²) in [5.74, 6) is -0.0447. The van der Waals surface area contributed by atoms with E-state index in [0.29, 0.717) is 5.56 Å². The van der Waals surface area contributed by atoms with Crippen molar-refractivity contribution in [2.75, 3.05) is 0 Å². The number of aliphatic imine (C=N–C) groups is 1. The standard InChI is InChI=1S/C15H13BrN2O3.C7H6.CH3.ClH.Ru/c1-9-5-12(16)6-10(2)15(9)17-8-11-7-13(18(20)21)3-4-14(11)19;1-7-5-3-2-4-6-7;;;/h3-8,19H,1-2H3;1-6H;1H3;1H;/q;;-1;;+1/p-1. The van der Waals surface area contributed by atoms with Crippen molar-refractivity contribution in [1.29, 1.82) is 0 Å². The fraction of sp³-hybridized carbons (Fsp3) is 0.0870. The molecule has 5 nitrogen and oxygen atoms in total. The molecule has 8 heteroatoms. The number of benzene rings is 3. The third kappa shape index (κ3) is 8.44. The first-order valence-electron chi connectivity index (χ1n) is 8.70. The molecule has 0 saturated carbocycles. The number of aromatic hydroxyl groups is 1. The molecule has 0 heterocycles. The normalized spacial score (nSPS) is 10.7. The van der Waals surface area contributed by atoms with Crippen molar-refractivity contribution >= 4 is 47.8 Å². The van der Waals surface area contributed by atoms with Crippen LogP contribution in [0.25, 0.3) is 0 Å². The van der Waals surface area contributed by atoms with Gasteiger partial charge in [-0.1, -0.05) is 15.9 Å². The maximum absolute atomic E-state index is 10.8. The van der Waals surface area contributed by atoms with Gasteiger partial charge < -0.3 is 12.5 Å². The Kier molecular flexibility index (Phi) is 11.5. The van der Waals surface area contributed by atoms with Crippen LogP contribution in [0.5, 0.6) is 5.75 Å². The van der Waals surface area contributed by atoms with Crippen LogP contribution in [0.3, 0.4) is 0 Å². The van der Waals surface area contributed by atoms with Crippen molar-refractivity contribution in [3.8, 4) is 5.75 Å². The van der Waals surface area contributed by atoms with Gasteiger partial charge in [-0.05, 0) is 43.2 Å². The second-order valence-electron chi connectivity index (χ2n) is 6.24. The first kappa shape index (κ1) is 26.8. The maximum atomic E-state index is 10.8. The van der Waals surface area contributed by atoms with Crippen LogP contribution in [0.15, 0.2) is 70.1 Å². The van der Waals surface area contributed by atoms with Crippen LogP contribution in [-0.2, 0) is 15.7 Å². The molecule has 0 radical (unpaired) electrons. The second-order valence-corrected chi connectivity index (χ2v) is 8.95. The first-order chi connectivity index (χ1) is 14.3. The van der Waals surface area contributed by atoms with E-state index in [9.17, 15) is 15.2 Å². The zero-order valence-electron chi connectivity index (χ0n) is 17.2. The van der Waals surface area contributed by atoms with Gasteiger partial charge in [-0.3, -0.25) is 15.1 Å². The van der Waals surface area contributed by atoms with Gasteiger partial charge in [-0.25, -0.2) is 0 Å². The summed E-state index contributed by atoms with van der Waals surface area (Å²) in [4.78, 5) is 14.6. The molecule has 0 aliphatic carbocycles. The molecule has 3 rings (SSSR count). The quantitative estimate of drug-likeness (QED) is 0.117. The van der Waals surface area contributed by atoms with E-state index in [0.717, 1.165) is 21.3 Å². The summed E-state index contributed by atoms with van der Waals surface area (Å²) in [6.07, 6.45) is 1.44. The average Bonchev–Trinajstić information content (AvgIpc) is 2.70. The van der Waals surface area contributed by atoms with Gasteiger partial charge in [0.2, 0.25) is 0 Å². The Labute approximate surface area is 202 Å². The number of phenolic OH excluding ortho intramolecular Hbond substituents is 1. The number of halogens is 2. The van der Waals surface area contributed by atoms with Crippen molar-refractivity contribution < 1.29 is 25.7 Å². The average molecular weight is 591 g/mol. The Hall–Kier alpha value is -2.21. The third-order valence-corrected chi connectivity index (χ3v) is 5.65. The number of nitro benzene ring substituents is 1. The van der Waals surface area contributed by atoms with Crippen molar-refractivity contribution in [3.63, 3.8) is 0 Å². The molecular weight excluding hydrogens is 569 g/mol. The molecule has 0 spiro atoms. The summed E-state index contributed by atoms with van der Waals surface area (Å²) in [5.41, 5.74) is 4.19. The molecule has 0 atom stereocenters. The number of hydrogen-bond acceptors (Lipinski definition) is 4. The van der Waals surface area contributed by atoms with E-state index in [-0.39, 0.29) is 34.5 Å². The number of nitrogens with zero attached hydrogens (tertiary/aromatic N) is 2. The summed E-state index contributed by atoms with van der Waals surface area (Å²) in [5, 5.41) is 20.5. The summed E-state index contributed by atoms with van der Waals surface area (Å²) in [6.45, 7) is 3.86. The Balaban J connectivity index is 0.000000404. The molecule has 3 aromatic carbocycles. The molecule has 165 valence electrons. The Morgan fingerprint density at radius 2 is 1.71 bits per heavy atom. The van der Waals surface area contributed by atoms with Crippen LogP contribution in [0, 0.1) is 31.4 Å². The van der Waals surface area contributed by atoms with Crippen molar-refractivity contribution in [3.05, 3.63) is 105 Å². The van der Waals surface area contributed by atoms with Crippen molar-refractivity contribution in [2.45, 2.75) is 13.8 Å². The summed E-state index contributed by atoms with van der Waals surface area (Å²) < 4.78 is 3.03. The van der Waals surface area contributed by atoms with Crippen LogP contribution in [0.1, 0.15) is 22.3 Å². The molecule has 0 saturated heterocycles. The molecule has 31 heavy (non-hydrogen) atoms. The van der Waals surface area contributed by atoms with Gasteiger partial charge >= 0.3 is 65.9 Å². The van der Waals surface area contributed by atoms with Crippen molar-refractivity contribution in [1.82, 2.24) is 0 Å². The van der Waals surface area contributed by atoms with Crippen LogP contribution >= 0.6 is 25.6 Å². The molecule has 0 aliphatic heterocycles. The Morgan fingerprint density at radius 3 is 2.26 bits per heavy atom. The minimum absolute atomic E-state index is 0. The zero-order chi connectivity index (χ0) is 22.1. The topological polar surface area (TPSA) is 75.7 Å². The van der Waals surface area contributed by atoms with Crippen molar-refractivity contribution in [2.24, 2.45) is 4.99 Å². The predicted molar refractivity (Wildman–Crippen MR) is 130 cm³/mol. The van der Waals surface area contributed by atoms with E-state index in [4.69, 9.17) is 9.69 Å². The molecular formula is C23H22BrClN2O3Ru-. The van der Waals surface area contributed by atoms with E-state index in [1.165, 1.54) is 30.0 Å². The molecule has 0 aromatic heterocycles. The van der Waals surface area contributed by atoms with Gasteiger partial charge in [0.25, 0.3) is 5.69 Å². The van der Waals surface area contributed by atoms with Crippen LogP contribution in [0.4, 0.5) is 11.4 Å². The van der Waals surface area contributed by atoms with Crippen LogP contribution in [-0.4, -0.2) is 20.9 Å². The Morgan fingerprint density at radius 1 is 1.10 bits per heavy atom. The zero-order valence-corrected chi connectivity index (χ0v) is 21.3. The van der Waals surface area contributed by atoms with E-state index in [1.54, 1.807) is 0 Å². The Bertz CT molecular complexity index is 1070.